The first kappa shape index (κ1) is 34.5. The molecule has 1 aromatic carbocycles. The average molecular weight is 689 g/mol. The number of ether oxygens (including phenoxy) is 2. The molecule has 8 rings (SSSR count). The van der Waals surface area contributed by atoms with Gasteiger partial charge in [-0.05, 0) is 112 Å². The van der Waals surface area contributed by atoms with Crippen LogP contribution in [0.15, 0.2) is 60.2 Å². The molecule has 2 aromatic rings. The number of nitrogens with one attached hydrogen (secondary N) is 1. The summed E-state index contributed by atoms with van der Waals surface area (Å²) in [5.74, 6) is 1.04. The molecule has 2 bridgehead atoms. The van der Waals surface area contributed by atoms with Crippen molar-refractivity contribution in [3.05, 3.63) is 70.0 Å². The largest absolute Gasteiger partial charge is 0.497 e. The van der Waals surface area contributed by atoms with Gasteiger partial charge in [0.1, 0.15) is 5.75 Å². The Bertz CT molecular complexity index is 1670. The number of Topliss-reactive ketones (excluding diaryl/α,β-unsaturated/α-hetero) is 1. The minimum absolute atomic E-state index is 0.0173. The summed E-state index contributed by atoms with van der Waals surface area (Å²) >= 11 is 1.55. The number of amides is 2. The summed E-state index contributed by atoms with van der Waals surface area (Å²) < 4.78 is 10.6. The molecule has 3 saturated carbocycles. The second-order valence-electron chi connectivity index (χ2n) is 16.0. The highest BCUT2D eigenvalue weighted by atomic mass is 32.1. The van der Waals surface area contributed by atoms with Crippen LogP contribution in [0.1, 0.15) is 79.8 Å². The van der Waals surface area contributed by atoms with Crippen molar-refractivity contribution in [2.24, 2.45) is 33.5 Å². The summed E-state index contributed by atoms with van der Waals surface area (Å²) in [4.78, 5) is 32.2. The van der Waals surface area contributed by atoms with Crippen molar-refractivity contribution in [2.45, 2.75) is 83.8 Å². The Balaban J connectivity index is 1.25. The number of nitrogens with zero attached hydrogens (tertiary/aromatic N) is 1. The fourth-order valence-corrected chi connectivity index (χ4v) is 12.0. The van der Waals surface area contributed by atoms with Crippen molar-refractivity contribution < 1.29 is 29.3 Å². The third-order valence-corrected chi connectivity index (χ3v) is 14.8. The standard InChI is InChI=1S/C40H52N2O6S/c1-26-7-12-31(49-26)34(44)30-24-38-19-20-40(30)32(36(38,2)16-13-28(43)23-38)14-17-37(3)33(40)15-18-39(37,46)25-42(21-6-22-47-4)35(45)41-27-8-10-29(48-5)11-9-27/h7-12,19-20,24,28,32-33,43,46H,6,13-18,21-23,25H2,1-5H3,(H,41,45). The van der Waals surface area contributed by atoms with Crippen LogP contribution >= 0.6 is 11.3 Å². The van der Waals surface area contributed by atoms with Gasteiger partial charge in [-0.15, -0.1) is 11.3 Å². The van der Waals surface area contributed by atoms with E-state index in [2.05, 4.69) is 37.4 Å². The number of thiophene rings is 1. The summed E-state index contributed by atoms with van der Waals surface area (Å²) in [7, 11) is 3.27. The third kappa shape index (κ3) is 5.16. The van der Waals surface area contributed by atoms with Gasteiger partial charge in [-0.1, -0.05) is 32.1 Å². The lowest BCUT2D eigenvalue weighted by Gasteiger charge is -2.71. The van der Waals surface area contributed by atoms with Gasteiger partial charge in [-0.2, -0.15) is 0 Å². The second kappa shape index (κ2) is 12.4. The lowest BCUT2D eigenvalue weighted by atomic mass is 9.32. The summed E-state index contributed by atoms with van der Waals surface area (Å²) in [5, 5.41) is 26.9. The van der Waals surface area contributed by atoms with Gasteiger partial charge in [0.2, 0.25) is 0 Å². The van der Waals surface area contributed by atoms with Crippen molar-refractivity contribution in [1.29, 1.82) is 0 Å². The maximum absolute atomic E-state index is 14.7. The molecule has 8 unspecified atom stereocenters. The molecule has 8 nitrogen and oxygen atoms in total. The van der Waals surface area contributed by atoms with E-state index < -0.39 is 22.5 Å². The molecule has 2 amide bonds. The van der Waals surface area contributed by atoms with Gasteiger partial charge in [-0.3, -0.25) is 4.79 Å². The number of hydrogen-bond donors (Lipinski definition) is 3. The molecule has 9 heteroatoms. The summed E-state index contributed by atoms with van der Waals surface area (Å²) in [5.41, 5.74) is -1.16. The van der Waals surface area contributed by atoms with Crippen LogP contribution in [0, 0.1) is 40.4 Å². The molecule has 3 N–H and O–H groups in total. The zero-order chi connectivity index (χ0) is 34.8. The van der Waals surface area contributed by atoms with Crippen molar-refractivity contribution in [3.63, 3.8) is 0 Å². The molecule has 6 aliphatic rings. The van der Waals surface area contributed by atoms with Crippen LogP contribution in [-0.2, 0) is 4.74 Å². The first-order valence-electron chi connectivity index (χ1n) is 18.0. The number of carbonyl (C=O) groups excluding carboxylic acids is 2. The van der Waals surface area contributed by atoms with Crippen LogP contribution < -0.4 is 10.1 Å². The predicted octanol–water partition coefficient (Wildman–Crippen LogP) is 7.41. The first-order chi connectivity index (χ1) is 23.3. The fourth-order valence-electron chi connectivity index (χ4n) is 11.1. The minimum Gasteiger partial charge on any atom is -0.497 e. The fraction of sp³-hybridized carbons (Fsp3) is 0.600. The van der Waals surface area contributed by atoms with E-state index >= 15 is 0 Å². The van der Waals surface area contributed by atoms with Gasteiger partial charge in [0.05, 0.1) is 30.2 Å². The Morgan fingerprint density at radius 2 is 1.69 bits per heavy atom. The number of urea groups is 1. The molecule has 6 aliphatic carbocycles. The highest BCUT2D eigenvalue weighted by molar-refractivity contribution is 7.14. The topological polar surface area (TPSA) is 108 Å². The molecule has 0 radical (unpaired) electrons. The number of aliphatic hydroxyl groups excluding tert-OH is 1. The van der Waals surface area contributed by atoms with Crippen LogP contribution in [0.25, 0.3) is 0 Å². The zero-order valence-electron chi connectivity index (χ0n) is 29.6. The third-order valence-electron chi connectivity index (χ3n) is 13.8. The maximum atomic E-state index is 14.7. The van der Waals surface area contributed by atoms with E-state index in [-0.39, 0.29) is 41.0 Å². The number of aliphatic hydroxyl groups is 2. The molecular formula is C40H52N2O6S. The number of carbonyl (C=O) groups is 2. The Hall–Kier alpha value is -2.98. The highest BCUT2D eigenvalue weighted by Gasteiger charge is 2.74. The van der Waals surface area contributed by atoms with Crippen LogP contribution in [-0.4, -0.2) is 72.5 Å². The number of aryl methyl sites for hydroxylation is 1. The number of rotatable bonds is 10. The van der Waals surface area contributed by atoms with E-state index in [1.54, 1.807) is 30.5 Å². The van der Waals surface area contributed by atoms with E-state index in [4.69, 9.17) is 9.47 Å². The van der Waals surface area contributed by atoms with Crippen molar-refractivity contribution in [3.8, 4) is 5.75 Å². The molecule has 1 heterocycles. The molecule has 264 valence electrons. The van der Waals surface area contributed by atoms with E-state index in [0.717, 1.165) is 47.4 Å². The van der Waals surface area contributed by atoms with E-state index in [9.17, 15) is 19.8 Å². The summed E-state index contributed by atoms with van der Waals surface area (Å²) in [6, 6.07) is 11.0. The summed E-state index contributed by atoms with van der Waals surface area (Å²) in [6.07, 6.45) is 12.5. The number of anilines is 1. The monoisotopic (exact) mass is 688 g/mol. The smallest absolute Gasteiger partial charge is 0.321 e. The molecule has 2 spiro atoms. The molecule has 49 heavy (non-hydrogen) atoms. The molecule has 1 aromatic heterocycles. The quantitative estimate of drug-likeness (QED) is 0.136. The zero-order valence-corrected chi connectivity index (χ0v) is 30.4. The molecule has 0 aliphatic heterocycles. The average Bonchev–Trinajstić information content (AvgIpc) is 3.64. The lowest BCUT2D eigenvalue weighted by molar-refractivity contribution is -0.174. The maximum Gasteiger partial charge on any atom is 0.321 e. The van der Waals surface area contributed by atoms with E-state index in [0.29, 0.717) is 43.9 Å². The van der Waals surface area contributed by atoms with E-state index in [1.807, 2.05) is 43.3 Å². The van der Waals surface area contributed by atoms with Gasteiger partial charge >= 0.3 is 6.03 Å². The Labute approximate surface area is 294 Å². The van der Waals surface area contributed by atoms with Gasteiger partial charge < -0.3 is 29.9 Å². The Kier molecular flexibility index (Phi) is 8.69. The Morgan fingerprint density at radius 1 is 0.980 bits per heavy atom. The number of fused-ring (bicyclic) bond motifs is 1. The van der Waals surface area contributed by atoms with E-state index in [1.165, 1.54) is 0 Å². The highest BCUT2D eigenvalue weighted by Crippen LogP contribution is 2.78. The Morgan fingerprint density at radius 3 is 2.39 bits per heavy atom. The van der Waals surface area contributed by atoms with Crippen LogP contribution in [0.3, 0.4) is 0 Å². The van der Waals surface area contributed by atoms with Gasteiger partial charge in [0.15, 0.2) is 5.78 Å². The molecular weight excluding hydrogens is 637 g/mol. The van der Waals surface area contributed by atoms with Crippen LogP contribution in [0.5, 0.6) is 5.75 Å². The molecule has 3 fully saturated rings. The van der Waals surface area contributed by atoms with Crippen LogP contribution in [0.2, 0.25) is 0 Å². The molecule has 0 saturated heterocycles. The van der Waals surface area contributed by atoms with Gasteiger partial charge in [0.25, 0.3) is 0 Å². The summed E-state index contributed by atoms with van der Waals surface area (Å²) in [6.45, 7) is 7.80. The van der Waals surface area contributed by atoms with Crippen molar-refractivity contribution in [1.82, 2.24) is 4.90 Å². The number of benzene rings is 1. The SMILES string of the molecule is COCCCN(CC1(O)CCC2C34C=CC5(C=C3C(=O)c3ccc(C)s3)CC(O)CCC5(C)C4CCC21C)C(=O)Nc1ccc(OC)cc1. The van der Waals surface area contributed by atoms with Crippen molar-refractivity contribution >= 4 is 28.8 Å². The normalized spacial score (nSPS) is 37.1. The van der Waals surface area contributed by atoms with Gasteiger partial charge in [-0.25, -0.2) is 4.79 Å². The molecule has 8 atom stereocenters. The van der Waals surface area contributed by atoms with Crippen molar-refractivity contribution in [2.75, 3.05) is 39.2 Å². The number of methoxy groups -OCH3 is 2. The lowest BCUT2D eigenvalue weighted by Crippen LogP contribution is -2.67. The van der Waals surface area contributed by atoms with Gasteiger partial charge in [0, 0.05) is 52.6 Å². The minimum atomic E-state index is -1.15. The first-order valence-corrected chi connectivity index (χ1v) is 18.8. The number of allylic oxidation sites excluding steroid dienone is 4. The predicted molar refractivity (Wildman–Crippen MR) is 192 cm³/mol. The second-order valence-corrected chi connectivity index (χ2v) is 17.3. The number of ketones is 1. The van der Waals surface area contributed by atoms with Crippen LogP contribution in [0.4, 0.5) is 10.5 Å². The number of hydrogen-bond acceptors (Lipinski definition) is 7.